The summed E-state index contributed by atoms with van der Waals surface area (Å²) in [5.74, 6) is -0.919. The molecule has 2 fully saturated rings. The fourth-order valence-corrected chi connectivity index (χ4v) is 6.89. The number of nitrogens with zero attached hydrogens (tertiary/aromatic N) is 8. The van der Waals surface area contributed by atoms with E-state index in [0.29, 0.717) is 36.8 Å². The number of alkyl halides is 3. The second-order valence-electron chi connectivity index (χ2n) is 12.7. The topological polar surface area (TPSA) is 159 Å². The first-order valence-corrected chi connectivity index (χ1v) is 17.0. The minimum absolute atomic E-state index is 0.0158. The van der Waals surface area contributed by atoms with Crippen LogP contribution in [0.3, 0.4) is 0 Å². The van der Waals surface area contributed by atoms with Crippen molar-refractivity contribution >= 4 is 51.8 Å². The van der Waals surface area contributed by atoms with Gasteiger partial charge in [-0.2, -0.15) is 13.2 Å². The fourth-order valence-electron chi connectivity index (χ4n) is 6.67. The molecule has 52 heavy (non-hydrogen) atoms. The maximum absolute atomic E-state index is 14.5. The molecule has 0 unspecified atom stereocenters. The van der Waals surface area contributed by atoms with E-state index in [1.54, 1.807) is 29.7 Å². The third-order valence-electron chi connectivity index (χ3n) is 9.44. The summed E-state index contributed by atoms with van der Waals surface area (Å²) < 4.78 is 46.6. The fraction of sp³-hybridized carbons (Fsp3) is 0.441. The Morgan fingerprint density at radius 1 is 1.13 bits per heavy atom. The molecule has 0 aliphatic carbocycles. The van der Waals surface area contributed by atoms with Crippen LogP contribution in [0.15, 0.2) is 35.5 Å². The van der Waals surface area contributed by atoms with Crippen LogP contribution in [-0.4, -0.2) is 98.3 Å². The maximum Gasteiger partial charge on any atom is 0.416 e. The number of anilines is 3. The number of pyridine rings is 1. The first-order chi connectivity index (χ1) is 24.7. The van der Waals surface area contributed by atoms with E-state index in [4.69, 9.17) is 21.3 Å². The molecule has 0 bridgehead atoms. The number of amides is 2. The number of benzene rings is 1. The number of carbonyl (C=O) groups excluding carboxylic acids is 2. The third-order valence-corrected chi connectivity index (χ3v) is 9.75. The Hall–Kier alpha value is -5.03. The van der Waals surface area contributed by atoms with Crippen LogP contribution in [0, 0.1) is 6.92 Å². The molecule has 2 N–H and O–H groups in total. The van der Waals surface area contributed by atoms with Crippen molar-refractivity contribution in [1.29, 1.82) is 0 Å². The highest BCUT2D eigenvalue weighted by atomic mass is 35.5. The molecule has 2 atom stereocenters. The summed E-state index contributed by atoms with van der Waals surface area (Å²) in [4.78, 5) is 64.2. The normalized spacial score (nSPS) is 17.7. The lowest BCUT2D eigenvalue weighted by molar-refractivity contribution is -0.137. The largest absolute Gasteiger partial charge is 0.504 e. The number of carbonyl (C=O) groups is 2. The molecule has 18 heteroatoms. The van der Waals surface area contributed by atoms with Crippen LogP contribution in [0.4, 0.5) is 30.4 Å². The number of fused-ring (bicyclic) bond motifs is 1. The van der Waals surface area contributed by atoms with Gasteiger partial charge in [0.1, 0.15) is 24.4 Å². The maximum atomic E-state index is 14.5. The van der Waals surface area contributed by atoms with E-state index in [-0.39, 0.29) is 71.2 Å². The number of piperazine rings is 1. The van der Waals surface area contributed by atoms with E-state index >= 15 is 0 Å². The first kappa shape index (κ1) is 36.8. The zero-order valence-electron chi connectivity index (χ0n) is 28.9. The molecule has 1 aromatic carbocycles. The van der Waals surface area contributed by atoms with Crippen LogP contribution in [0.1, 0.15) is 47.7 Å². The van der Waals surface area contributed by atoms with Crippen LogP contribution in [0.5, 0.6) is 5.75 Å². The molecular formula is C34H37ClF3N9O5. The smallest absolute Gasteiger partial charge is 0.416 e. The number of hydrogen-bond acceptors (Lipinski definition) is 11. The molecule has 2 aliphatic heterocycles. The minimum Gasteiger partial charge on any atom is -0.504 e. The molecule has 14 nitrogen and oxygen atoms in total. The molecule has 2 aliphatic rings. The van der Waals surface area contributed by atoms with Gasteiger partial charge in [-0.3, -0.25) is 14.4 Å². The molecule has 0 saturated carbocycles. The molecule has 2 amide bonds. The van der Waals surface area contributed by atoms with E-state index in [0.717, 1.165) is 24.6 Å². The average molecular weight is 744 g/mol. The minimum atomic E-state index is -4.61. The molecule has 3 aromatic heterocycles. The highest BCUT2D eigenvalue weighted by Crippen LogP contribution is 2.34. The predicted molar refractivity (Wildman–Crippen MR) is 187 cm³/mol. The number of aromatic nitrogens is 5. The Balaban J connectivity index is 1.38. The van der Waals surface area contributed by atoms with Crippen molar-refractivity contribution < 1.29 is 32.6 Å². The Kier molecular flexibility index (Phi) is 10.3. The molecule has 0 spiro atoms. The summed E-state index contributed by atoms with van der Waals surface area (Å²) in [5, 5.41) is 12.7. The second kappa shape index (κ2) is 14.5. The van der Waals surface area contributed by atoms with Gasteiger partial charge in [-0.15, -0.1) is 0 Å². The SMILES string of the molecule is CCc1c(N2CCN(C(=O)c3ncnc(C)c3O)C[C@@H]2C)c(=O)c2nc(N3CC[C@@H]3COC)cnc2n1CC(=O)Nc1ccc(C(F)(F)F)cc1Cl. The molecule has 2 saturated heterocycles. The van der Waals surface area contributed by atoms with Gasteiger partial charge in [-0.25, -0.2) is 19.9 Å². The van der Waals surface area contributed by atoms with Crippen molar-refractivity contribution in [3.05, 3.63) is 68.6 Å². The molecule has 276 valence electrons. The lowest BCUT2D eigenvalue weighted by Crippen LogP contribution is -2.55. The van der Waals surface area contributed by atoms with Crippen molar-refractivity contribution in [3.8, 4) is 5.75 Å². The van der Waals surface area contributed by atoms with E-state index in [1.807, 2.05) is 23.6 Å². The van der Waals surface area contributed by atoms with Gasteiger partial charge in [-0.1, -0.05) is 18.5 Å². The zero-order valence-corrected chi connectivity index (χ0v) is 29.6. The van der Waals surface area contributed by atoms with Crippen LogP contribution in [0.25, 0.3) is 11.2 Å². The lowest BCUT2D eigenvalue weighted by atomic mass is 10.0. The summed E-state index contributed by atoms with van der Waals surface area (Å²) in [6.07, 6.45) is -0.697. The van der Waals surface area contributed by atoms with Gasteiger partial charge in [0.25, 0.3) is 5.91 Å². The molecule has 0 radical (unpaired) electrons. The number of halogens is 4. The van der Waals surface area contributed by atoms with Crippen LogP contribution in [0.2, 0.25) is 5.02 Å². The molecular weight excluding hydrogens is 707 g/mol. The zero-order chi connectivity index (χ0) is 37.5. The number of aryl methyl sites for hydroxylation is 1. The number of rotatable bonds is 9. The highest BCUT2D eigenvalue weighted by Gasteiger charge is 2.35. The van der Waals surface area contributed by atoms with Gasteiger partial charge in [0.2, 0.25) is 11.3 Å². The standard InChI is InChI=1S/C34H37ClF3N9O5/c1-5-24-29(45-11-10-44(14-18(45)2)33(51)28-30(49)19(3)40-17-41-28)31(50)27-32(39-13-25(43-27)46-9-8-21(46)16-52-4)47(24)15-26(48)42-23-7-6-20(12-22(23)35)34(36,37)38/h6-7,12-13,17-18,21,49H,5,8-11,14-16H2,1-4H3,(H,42,48)/t18-,21+/m0/s1. The van der Waals surface area contributed by atoms with E-state index in [2.05, 4.69) is 20.3 Å². The van der Waals surface area contributed by atoms with Gasteiger partial charge < -0.3 is 34.4 Å². The number of ether oxygens (including phenoxy) is 1. The van der Waals surface area contributed by atoms with Gasteiger partial charge in [0.15, 0.2) is 22.6 Å². The van der Waals surface area contributed by atoms with Gasteiger partial charge in [-0.05, 0) is 44.9 Å². The van der Waals surface area contributed by atoms with Crippen molar-refractivity contribution in [3.63, 3.8) is 0 Å². The van der Waals surface area contributed by atoms with Crippen molar-refractivity contribution in [2.24, 2.45) is 0 Å². The average Bonchev–Trinajstić information content (AvgIpc) is 3.09. The highest BCUT2D eigenvalue weighted by molar-refractivity contribution is 6.33. The van der Waals surface area contributed by atoms with Gasteiger partial charge in [0, 0.05) is 45.0 Å². The Morgan fingerprint density at radius 2 is 1.90 bits per heavy atom. The van der Waals surface area contributed by atoms with Crippen molar-refractivity contribution in [1.82, 2.24) is 29.4 Å². The number of nitrogens with one attached hydrogen (secondary N) is 1. The number of aromatic hydroxyl groups is 1. The van der Waals surface area contributed by atoms with E-state index in [9.17, 15) is 32.7 Å². The number of hydrogen-bond donors (Lipinski definition) is 2. The van der Waals surface area contributed by atoms with E-state index in [1.165, 1.54) is 6.33 Å². The first-order valence-electron chi connectivity index (χ1n) is 16.6. The van der Waals surface area contributed by atoms with Gasteiger partial charge >= 0.3 is 6.18 Å². The van der Waals surface area contributed by atoms with Gasteiger partial charge in [0.05, 0.1) is 40.8 Å². The number of methoxy groups -OCH3 is 1. The van der Waals surface area contributed by atoms with Crippen LogP contribution >= 0.6 is 11.6 Å². The summed E-state index contributed by atoms with van der Waals surface area (Å²) >= 11 is 6.14. The summed E-state index contributed by atoms with van der Waals surface area (Å²) in [7, 11) is 1.61. The molecule has 5 heterocycles. The van der Waals surface area contributed by atoms with Crippen LogP contribution in [-0.2, 0) is 28.7 Å². The quantitative estimate of drug-likeness (QED) is 0.255. The molecule has 4 aromatic rings. The Morgan fingerprint density at radius 3 is 2.54 bits per heavy atom. The predicted octanol–water partition coefficient (Wildman–Crippen LogP) is 4.04. The van der Waals surface area contributed by atoms with Crippen LogP contribution < -0.4 is 20.5 Å². The summed E-state index contributed by atoms with van der Waals surface area (Å²) in [6, 6.07) is 2.30. The van der Waals surface area contributed by atoms with Crippen molar-refractivity contribution in [2.75, 3.05) is 55.0 Å². The Labute approximate surface area is 301 Å². The molecule has 6 rings (SSSR count). The second-order valence-corrected chi connectivity index (χ2v) is 13.2. The summed E-state index contributed by atoms with van der Waals surface area (Å²) in [6.45, 7) is 6.64. The summed E-state index contributed by atoms with van der Waals surface area (Å²) in [5.41, 5.74) is -0.268. The monoisotopic (exact) mass is 743 g/mol. The van der Waals surface area contributed by atoms with Crippen molar-refractivity contribution in [2.45, 2.75) is 58.4 Å². The lowest BCUT2D eigenvalue weighted by Gasteiger charge is -2.42. The van der Waals surface area contributed by atoms with E-state index < -0.39 is 35.0 Å². The Bertz CT molecular complexity index is 2100. The third kappa shape index (κ3) is 6.93.